The van der Waals surface area contributed by atoms with Crippen LogP contribution in [0.5, 0.6) is 0 Å². The number of aliphatic carboxylic acids is 1. The van der Waals surface area contributed by atoms with Crippen LogP contribution < -0.4 is 10.6 Å². The third kappa shape index (κ3) is 25.5. The molecule has 0 aliphatic carbocycles. The van der Waals surface area contributed by atoms with E-state index in [0.717, 1.165) is 39.3 Å². The highest BCUT2D eigenvalue weighted by Crippen LogP contribution is 2.08. The molecule has 5 heteroatoms. The van der Waals surface area contributed by atoms with Crippen LogP contribution in [0, 0.1) is 0 Å². The van der Waals surface area contributed by atoms with Crippen LogP contribution in [-0.4, -0.2) is 61.8 Å². The van der Waals surface area contributed by atoms with E-state index < -0.39 is 5.97 Å². The molecular formula is C26H55N3O2. The predicted molar refractivity (Wildman–Crippen MR) is 135 cm³/mol. The molecule has 0 amide bonds. The van der Waals surface area contributed by atoms with Crippen molar-refractivity contribution in [3.8, 4) is 0 Å². The fraction of sp³-hybridized carbons (Fsp3) is 0.962. The summed E-state index contributed by atoms with van der Waals surface area (Å²) < 4.78 is 0. The van der Waals surface area contributed by atoms with Gasteiger partial charge in [-0.3, -0.25) is 9.69 Å². The quantitative estimate of drug-likeness (QED) is 0.147. The Morgan fingerprint density at radius 1 is 0.581 bits per heavy atom. The van der Waals surface area contributed by atoms with Gasteiger partial charge in [-0.1, -0.05) is 104 Å². The fourth-order valence-electron chi connectivity index (χ4n) is 3.95. The first-order valence-corrected chi connectivity index (χ1v) is 13.6. The largest absolute Gasteiger partial charge is 0.480 e. The van der Waals surface area contributed by atoms with Crippen LogP contribution >= 0.6 is 0 Å². The van der Waals surface area contributed by atoms with Crippen molar-refractivity contribution in [2.75, 3.05) is 45.8 Å². The Bertz CT molecular complexity index is 341. The minimum absolute atomic E-state index is 0.138. The number of nitrogens with zero attached hydrogens (tertiary/aromatic N) is 1. The highest BCUT2D eigenvalue weighted by Gasteiger charge is 2.08. The lowest BCUT2D eigenvalue weighted by atomic mass is 10.1. The molecule has 0 unspecified atom stereocenters. The van der Waals surface area contributed by atoms with E-state index in [2.05, 4.69) is 24.5 Å². The molecule has 31 heavy (non-hydrogen) atoms. The van der Waals surface area contributed by atoms with Crippen LogP contribution in [0.15, 0.2) is 0 Å². The van der Waals surface area contributed by atoms with E-state index in [1.54, 1.807) is 0 Å². The van der Waals surface area contributed by atoms with E-state index in [1.165, 1.54) is 103 Å². The second-order valence-corrected chi connectivity index (χ2v) is 9.12. The summed E-state index contributed by atoms with van der Waals surface area (Å²) in [7, 11) is 0. The van der Waals surface area contributed by atoms with Gasteiger partial charge < -0.3 is 15.7 Å². The first kappa shape index (κ1) is 30.4. The van der Waals surface area contributed by atoms with Gasteiger partial charge in [0.15, 0.2) is 0 Å². The van der Waals surface area contributed by atoms with Gasteiger partial charge in [-0.2, -0.15) is 0 Å². The van der Waals surface area contributed by atoms with Gasteiger partial charge in [0.25, 0.3) is 0 Å². The Labute approximate surface area is 194 Å². The average molecular weight is 442 g/mol. The van der Waals surface area contributed by atoms with E-state index in [4.69, 9.17) is 5.11 Å². The summed E-state index contributed by atoms with van der Waals surface area (Å²) in [6, 6.07) is 0. The fourth-order valence-corrected chi connectivity index (χ4v) is 3.95. The number of hydrogen-bond donors (Lipinski definition) is 3. The maximum atomic E-state index is 11.1. The van der Waals surface area contributed by atoms with Crippen LogP contribution in [0.2, 0.25) is 0 Å². The van der Waals surface area contributed by atoms with Gasteiger partial charge in [0.2, 0.25) is 0 Å². The molecule has 186 valence electrons. The van der Waals surface area contributed by atoms with Crippen LogP contribution in [0.4, 0.5) is 0 Å². The van der Waals surface area contributed by atoms with Crippen LogP contribution in [0.25, 0.3) is 0 Å². The lowest BCUT2D eigenvalue weighted by Gasteiger charge is -2.20. The first-order chi connectivity index (χ1) is 15.2. The normalized spacial score (nSPS) is 11.5. The van der Waals surface area contributed by atoms with Gasteiger partial charge in [0.05, 0.1) is 6.54 Å². The molecule has 0 aliphatic rings. The van der Waals surface area contributed by atoms with Crippen LogP contribution in [-0.2, 0) is 4.79 Å². The zero-order chi connectivity index (χ0) is 22.8. The summed E-state index contributed by atoms with van der Waals surface area (Å²) >= 11 is 0. The first-order valence-electron chi connectivity index (χ1n) is 13.6. The third-order valence-corrected chi connectivity index (χ3v) is 5.98. The van der Waals surface area contributed by atoms with Crippen molar-refractivity contribution >= 4 is 5.97 Å². The summed E-state index contributed by atoms with van der Waals surface area (Å²) in [4.78, 5) is 13.2. The minimum atomic E-state index is -0.730. The molecule has 0 bridgehead atoms. The maximum Gasteiger partial charge on any atom is 0.317 e. The molecule has 0 radical (unpaired) electrons. The summed E-state index contributed by atoms with van der Waals surface area (Å²) in [5.41, 5.74) is 0. The molecule has 0 heterocycles. The molecule has 0 saturated heterocycles. The molecule has 0 aromatic carbocycles. The molecule has 3 N–H and O–H groups in total. The van der Waals surface area contributed by atoms with E-state index in [1.807, 2.05) is 4.90 Å². The molecule has 0 atom stereocenters. The lowest BCUT2D eigenvalue weighted by molar-refractivity contribution is -0.138. The highest BCUT2D eigenvalue weighted by atomic mass is 16.4. The number of rotatable bonds is 26. The monoisotopic (exact) mass is 441 g/mol. The smallest absolute Gasteiger partial charge is 0.317 e. The van der Waals surface area contributed by atoms with Gasteiger partial charge in [-0.05, 0) is 25.9 Å². The van der Waals surface area contributed by atoms with Crippen molar-refractivity contribution in [3.63, 3.8) is 0 Å². The Hall–Kier alpha value is -0.650. The molecule has 0 rings (SSSR count). The summed E-state index contributed by atoms with van der Waals surface area (Å²) in [5.74, 6) is -0.730. The summed E-state index contributed by atoms with van der Waals surface area (Å²) in [6.45, 7) is 10.1. The average Bonchev–Trinajstić information content (AvgIpc) is 2.75. The van der Waals surface area contributed by atoms with Crippen molar-refractivity contribution in [2.24, 2.45) is 0 Å². The van der Waals surface area contributed by atoms with E-state index in [9.17, 15) is 4.79 Å². The van der Waals surface area contributed by atoms with Gasteiger partial charge in [-0.25, -0.2) is 0 Å². The van der Waals surface area contributed by atoms with Crippen molar-refractivity contribution in [2.45, 2.75) is 117 Å². The van der Waals surface area contributed by atoms with Crippen molar-refractivity contribution < 1.29 is 9.90 Å². The number of carbonyl (C=O) groups is 1. The topological polar surface area (TPSA) is 64.6 Å². The number of carboxylic acid groups (broad SMARTS) is 1. The minimum Gasteiger partial charge on any atom is -0.480 e. The summed E-state index contributed by atoms with van der Waals surface area (Å²) in [5, 5.41) is 16.1. The molecule has 5 nitrogen and oxygen atoms in total. The predicted octanol–water partition coefficient (Wildman–Crippen LogP) is 5.83. The number of hydrogen-bond acceptors (Lipinski definition) is 4. The maximum absolute atomic E-state index is 11.1. The number of nitrogens with one attached hydrogen (secondary N) is 2. The third-order valence-electron chi connectivity index (χ3n) is 5.98. The standard InChI is InChI=1S/C26H55N3O2/c1-3-5-7-9-11-13-15-17-19-27-21-23-29(25-26(30)31)24-22-28-20-18-16-14-12-10-8-6-4-2/h27-28H,3-25H2,1-2H3,(H,30,31). The van der Waals surface area contributed by atoms with E-state index >= 15 is 0 Å². The molecular weight excluding hydrogens is 386 g/mol. The zero-order valence-electron chi connectivity index (χ0n) is 21.1. The lowest BCUT2D eigenvalue weighted by Crippen LogP contribution is -2.40. The number of unbranched alkanes of at least 4 members (excludes halogenated alkanes) is 14. The molecule has 0 aliphatic heterocycles. The molecule has 0 spiro atoms. The van der Waals surface area contributed by atoms with Crippen LogP contribution in [0.1, 0.15) is 117 Å². The second kappa shape index (κ2) is 25.6. The van der Waals surface area contributed by atoms with Gasteiger partial charge in [0, 0.05) is 26.2 Å². The highest BCUT2D eigenvalue weighted by molar-refractivity contribution is 5.69. The molecule has 0 fully saturated rings. The van der Waals surface area contributed by atoms with Crippen molar-refractivity contribution in [1.82, 2.24) is 15.5 Å². The summed E-state index contributed by atoms with van der Waals surface area (Å²) in [6.07, 6.45) is 21.5. The van der Waals surface area contributed by atoms with E-state index in [-0.39, 0.29) is 6.54 Å². The number of carboxylic acids is 1. The zero-order valence-corrected chi connectivity index (χ0v) is 21.1. The Morgan fingerprint density at radius 2 is 0.935 bits per heavy atom. The van der Waals surface area contributed by atoms with Gasteiger partial charge in [0.1, 0.15) is 0 Å². The Morgan fingerprint density at radius 3 is 1.29 bits per heavy atom. The van der Waals surface area contributed by atoms with Gasteiger partial charge >= 0.3 is 5.97 Å². The van der Waals surface area contributed by atoms with Crippen molar-refractivity contribution in [1.29, 1.82) is 0 Å². The van der Waals surface area contributed by atoms with Crippen LogP contribution in [0.3, 0.4) is 0 Å². The second-order valence-electron chi connectivity index (χ2n) is 9.12. The Balaban J connectivity index is 3.54. The molecule has 0 aromatic heterocycles. The van der Waals surface area contributed by atoms with Gasteiger partial charge in [-0.15, -0.1) is 0 Å². The van der Waals surface area contributed by atoms with Crippen molar-refractivity contribution in [3.05, 3.63) is 0 Å². The van der Waals surface area contributed by atoms with E-state index in [0.29, 0.717) is 0 Å². The molecule has 0 saturated carbocycles. The Kier molecular flexibility index (Phi) is 25.1. The molecule has 0 aromatic rings. The SMILES string of the molecule is CCCCCCCCCCNCCN(CCNCCCCCCCCCC)CC(=O)O.